The zero-order valence-corrected chi connectivity index (χ0v) is 9.68. The molecular weight excluding hydrogens is 210 g/mol. The topological polar surface area (TPSA) is 21.3 Å². The van der Waals surface area contributed by atoms with Crippen LogP contribution >= 0.6 is 11.6 Å². The third-order valence-corrected chi connectivity index (χ3v) is 2.77. The van der Waals surface area contributed by atoms with Gasteiger partial charge < -0.3 is 10.1 Å². The molecule has 0 radical (unpaired) electrons. The molecule has 82 valence electrons. The fourth-order valence-corrected chi connectivity index (χ4v) is 1.60. The van der Waals surface area contributed by atoms with E-state index in [0.717, 1.165) is 18.3 Å². The molecule has 1 N–H and O–H groups in total. The molecule has 0 aliphatic heterocycles. The van der Waals surface area contributed by atoms with Crippen LogP contribution in [0.1, 0.15) is 18.4 Å². The van der Waals surface area contributed by atoms with Gasteiger partial charge in [0.25, 0.3) is 0 Å². The van der Waals surface area contributed by atoms with Gasteiger partial charge in [0.05, 0.1) is 5.02 Å². The van der Waals surface area contributed by atoms with E-state index in [0.29, 0.717) is 11.6 Å². The first-order valence-electron chi connectivity index (χ1n) is 5.38. The molecule has 1 aliphatic rings. The summed E-state index contributed by atoms with van der Waals surface area (Å²) in [6.07, 6.45) is 2.62. The maximum atomic E-state index is 6.00. The predicted molar refractivity (Wildman–Crippen MR) is 62.7 cm³/mol. The van der Waals surface area contributed by atoms with Crippen molar-refractivity contribution in [1.29, 1.82) is 0 Å². The van der Waals surface area contributed by atoms with Crippen LogP contribution in [0.3, 0.4) is 0 Å². The fraction of sp³-hybridized carbons (Fsp3) is 0.500. The second-order valence-electron chi connectivity index (χ2n) is 4.01. The van der Waals surface area contributed by atoms with Gasteiger partial charge in [-0.25, -0.2) is 0 Å². The van der Waals surface area contributed by atoms with Crippen LogP contribution in [0.25, 0.3) is 0 Å². The first-order chi connectivity index (χ1) is 7.25. The number of hydrogen-bond acceptors (Lipinski definition) is 2. The van der Waals surface area contributed by atoms with Crippen LogP contribution < -0.4 is 10.1 Å². The number of halogens is 1. The summed E-state index contributed by atoms with van der Waals surface area (Å²) in [5.41, 5.74) is 1.17. The summed E-state index contributed by atoms with van der Waals surface area (Å²) < 4.78 is 5.60. The summed E-state index contributed by atoms with van der Waals surface area (Å²) >= 11 is 6.00. The third-order valence-electron chi connectivity index (χ3n) is 2.46. The van der Waals surface area contributed by atoms with Gasteiger partial charge in [-0.2, -0.15) is 0 Å². The molecule has 0 bridgehead atoms. The van der Waals surface area contributed by atoms with Crippen LogP contribution in [0.5, 0.6) is 5.75 Å². The van der Waals surface area contributed by atoms with E-state index in [1.807, 2.05) is 25.1 Å². The van der Waals surface area contributed by atoms with Gasteiger partial charge in [-0.3, -0.25) is 0 Å². The Bertz CT molecular complexity index is 336. The summed E-state index contributed by atoms with van der Waals surface area (Å²) in [7, 11) is 0. The molecule has 0 amide bonds. The lowest BCUT2D eigenvalue weighted by molar-refractivity contribution is 0.313. The van der Waals surface area contributed by atoms with Crippen LogP contribution in [0.4, 0.5) is 0 Å². The van der Waals surface area contributed by atoms with E-state index >= 15 is 0 Å². The smallest absolute Gasteiger partial charge is 0.138 e. The van der Waals surface area contributed by atoms with Crippen molar-refractivity contribution < 1.29 is 4.74 Å². The minimum atomic E-state index is 0.680. The van der Waals surface area contributed by atoms with E-state index in [-0.39, 0.29) is 0 Å². The van der Waals surface area contributed by atoms with Crippen LogP contribution in [0.15, 0.2) is 18.2 Å². The number of hydrogen-bond donors (Lipinski definition) is 1. The van der Waals surface area contributed by atoms with Gasteiger partial charge in [-0.1, -0.05) is 17.7 Å². The average Bonchev–Trinajstić information content (AvgIpc) is 3.01. The SMILES string of the molecule is Cc1ccc(Cl)c(OCCNC2CC2)c1. The molecule has 0 saturated heterocycles. The summed E-state index contributed by atoms with van der Waals surface area (Å²) in [6, 6.07) is 6.57. The first kappa shape index (κ1) is 10.8. The Balaban J connectivity index is 1.78. The lowest BCUT2D eigenvalue weighted by atomic mass is 10.2. The molecule has 0 heterocycles. The van der Waals surface area contributed by atoms with E-state index in [4.69, 9.17) is 16.3 Å². The minimum absolute atomic E-state index is 0.680. The van der Waals surface area contributed by atoms with Crippen LogP contribution in [0, 0.1) is 6.92 Å². The van der Waals surface area contributed by atoms with Crippen LogP contribution in [-0.2, 0) is 0 Å². The van der Waals surface area contributed by atoms with E-state index < -0.39 is 0 Å². The Hall–Kier alpha value is -0.730. The van der Waals surface area contributed by atoms with Gasteiger partial charge in [0, 0.05) is 12.6 Å². The van der Waals surface area contributed by atoms with Crippen molar-refractivity contribution in [2.45, 2.75) is 25.8 Å². The van der Waals surface area contributed by atoms with Crippen molar-refractivity contribution in [1.82, 2.24) is 5.32 Å². The van der Waals surface area contributed by atoms with Crippen molar-refractivity contribution in [2.75, 3.05) is 13.2 Å². The minimum Gasteiger partial charge on any atom is -0.491 e. The van der Waals surface area contributed by atoms with Crippen molar-refractivity contribution in [3.05, 3.63) is 28.8 Å². The molecule has 1 saturated carbocycles. The maximum absolute atomic E-state index is 6.00. The molecule has 15 heavy (non-hydrogen) atoms. The summed E-state index contributed by atoms with van der Waals surface area (Å²) in [4.78, 5) is 0. The van der Waals surface area contributed by atoms with Crippen molar-refractivity contribution in [3.63, 3.8) is 0 Å². The summed E-state index contributed by atoms with van der Waals surface area (Å²) in [5, 5.41) is 4.08. The van der Waals surface area contributed by atoms with E-state index in [9.17, 15) is 0 Å². The summed E-state index contributed by atoms with van der Waals surface area (Å²) in [5.74, 6) is 0.786. The van der Waals surface area contributed by atoms with E-state index in [2.05, 4.69) is 5.32 Å². The fourth-order valence-electron chi connectivity index (χ4n) is 1.43. The van der Waals surface area contributed by atoms with Gasteiger partial charge in [-0.15, -0.1) is 0 Å². The molecule has 1 aromatic carbocycles. The monoisotopic (exact) mass is 225 g/mol. The van der Waals surface area contributed by atoms with Gasteiger partial charge in [-0.05, 0) is 37.5 Å². The van der Waals surface area contributed by atoms with Crippen LogP contribution in [-0.4, -0.2) is 19.2 Å². The lowest BCUT2D eigenvalue weighted by Gasteiger charge is -2.09. The Morgan fingerprint density at radius 1 is 1.47 bits per heavy atom. The standard InChI is InChI=1S/C12H16ClNO/c1-9-2-5-11(13)12(8-9)15-7-6-14-10-3-4-10/h2,5,8,10,14H,3-4,6-7H2,1H3. The molecule has 1 fully saturated rings. The molecule has 3 heteroatoms. The molecule has 0 spiro atoms. The number of rotatable bonds is 5. The van der Waals surface area contributed by atoms with Crippen LogP contribution in [0.2, 0.25) is 5.02 Å². The molecule has 0 unspecified atom stereocenters. The Labute approximate surface area is 95.6 Å². The van der Waals surface area contributed by atoms with Crippen molar-refractivity contribution in [3.8, 4) is 5.75 Å². The highest BCUT2D eigenvalue weighted by molar-refractivity contribution is 6.32. The average molecular weight is 226 g/mol. The number of benzene rings is 1. The highest BCUT2D eigenvalue weighted by atomic mass is 35.5. The highest BCUT2D eigenvalue weighted by Gasteiger charge is 2.19. The van der Waals surface area contributed by atoms with Gasteiger partial charge in [0.15, 0.2) is 0 Å². The Kier molecular flexibility index (Phi) is 3.49. The van der Waals surface area contributed by atoms with E-state index in [1.54, 1.807) is 0 Å². The highest BCUT2D eigenvalue weighted by Crippen LogP contribution is 2.25. The normalized spacial score (nSPS) is 15.3. The maximum Gasteiger partial charge on any atom is 0.138 e. The first-order valence-corrected chi connectivity index (χ1v) is 5.76. The largest absolute Gasteiger partial charge is 0.491 e. The van der Waals surface area contributed by atoms with Gasteiger partial charge in [0.1, 0.15) is 12.4 Å². The van der Waals surface area contributed by atoms with Crippen molar-refractivity contribution in [2.24, 2.45) is 0 Å². The zero-order chi connectivity index (χ0) is 10.7. The molecular formula is C12H16ClNO. The number of aryl methyl sites for hydroxylation is 1. The summed E-state index contributed by atoms with van der Waals surface area (Å²) in [6.45, 7) is 3.61. The molecule has 2 rings (SSSR count). The molecule has 2 nitrogen and oxygen atoms in total. The zero-order valence-electron chi connectivity index (χ0n) is 8.92. The second-order valence-corrected chi connectivity index (χ2v) is 4.42. The predicted octanol–water partition coefficient (Wildman–Crippen LogP) is 2.78. The third kappa shape index (κ3) is 3.40. The van der Waals surface area contributed by atoms with Crippen molar-refractivity contribution >= 4 is 11.6 Å². The molecule has 0 atom stereocenters. The molecule has 0 aromatic heterocycles. The molecule has 1 aliphatic carbocycles. The lowest BCUT2D eigenvalue weighted by Crippen LogP contribution is -2.22. The number of nitrogens with one attached hydrogen (secondary N) is 1. The van der Waals surface area contributed by atoms with Gasteiger partial charge in [0.2, 0.25) is 0 Å². The Morgan fingerprint density at radius 2 is 2.27 bits per heavy atom. The number of ether oxygens (including phenoxy) is 1. The van der Waals surface area contributed by atoms with Gasteiger partial charge >= 0.3 is 0 Å². The Morgan fingerprint density at radius 3 is 3.00 bits per heavy atom. The second kappa shape index (κ2) is 4.86. The molecule has 1 aromatic rings. The van der Waals surface area contributed by atoms with E-state index in [1.165, 1.54) is 18.4 Å². The quantitative estimate of drug-likeness (QED) is 0.779.